The lowest BCUT2D eigenvalue weighted by molar-refractivity contribution is 0.0939. The Balaban J connectivity index is 2.19. The minimum absolute atomic E-state index is 0.101. The molecule has 0 spiro atoms. The Kier molecular flexibility index (Phi) is 7.14. The van der Waals surface area contributed by atoms with Crippen LogP contribution in [0, 0.1) is 0 Å². The summed E-state index contributed by atoms with van der Waals surface area (Å²) in [5.41, 5.74) is 1.39. The van der Waals surface area contributed by atoms with Gasteiger partial charge in [-0.25, -0.2) is 0 Å². The normalized spacial score (nSPS) is 11.7. The second-order valence-corrected chi connectivity index (χ2v) is 6.16. The lowest BCUT2D eigenvalue weighted by Gasteiger charge is -2.15. The van der Waals surface area contributed by atoms with Gasteiger partial charge in [-0.1, -0.05) is 30.7 Å². The van der Waals surface area contributed by atoms with Gasteiger partial charge in [0.25, 0.3) is 5.91 Å². The molecule has 0 aliphatic carbocycles. The number of rotatable bonds is 8. The molecule has 0 saturated heterocycles. The first-order chi connectivity index (χ1) is 12.0. The molecule has 0 radical (unpaired) electrons. The van der Waals surface area contributed by atoms with Gasteiger partial charge in [-0.2, -0.15) is 0 Å². The number of ether oxygens (including phenoxy) is 2. The number of amides is 1. The van der Waals surface area contributed by atoms with Crippen molar-refractivity contribution in [3.63, 3.8) is 0 Å². The van der Waals surface area contributed by atoms with Crippen molar-refractivity contribution in [1.82, 2.24) is 5.32 Å². The average molecular weight is 362 g/mol. The fraction of sp³-hybridized carbons (Fsp3) is 0.350. The molecule has 2 rings (SSSR count). The number of para-hydroxylation sites is 1. The van der Waals surface area contributed by atoms with Crippen LogP contribution in [0.3, 0.4) is 0 Å². The van der Waals surface area contributed by atoms with E-state index in [2.05, 4.69) is 5.32 Å². The van der Waals surface area contributed by atoms with E-state index in [0.717, 1.165) is 12.0 Å². The largest absolute Gasteiger partial charge is 0.493 e. The summed E-state index contributed by atoms with van der Waals surface area (Å²) in [5, 5.41) is 3.51. The van der Waals surface area contributed by atoms with Gasteiger partial charge in [0, 0.05) is 17.2 Å². The molecule has 5 heteroatoms. The van der Waals surface area contributed by atoms with Crippen molar-refractivity contribution in [2.45, 2.75) is 39.8 Å². The Morgan fingerprint density at radius 2 is 1.88 bits per heavy atom. The molecule has 0 aliphatic rings. The second-order valence-electron chi connectivity index (χ2n) is 5.76. The van der Waals surface area contributed by atoms with E-state index in [1.165, 1.54) is 0 Å². The van der Waals surface area contributed by atoms with E-state index < -0.39 is 0 Å². The van der Waals surface area contributed by atoms with Crippen LogP contribution < -0.4 is 14.8 Å². The van der Waals surface area contributed by atoms with Crippen molar-refractivity contribution in [3.05, 3.63) is 58.6 Å². The first kappa shape index (κ1) is 19.1. The minimum Gasteiger partial charge on any atom is -0.493 e. The summed E-state index contributed by atoms with van der Waals surface area (Å²) < 4.78 is 11.5. The molecule has 4 nitrogen and oxygen atoms in total. The Morgan fingerprint density at radius 3 is 2.56 bits per heavy atom. The number of hydrogen-bond acceptors (Lipinski definition) is 3. The lowest BCUT2D eigenvalue weighted by Crippen LogP contribution is -2.32. The zero-order chi connectivity index (χ0) is 18.2. The summed E-state index contributed by atoms with van der Waals surface area (Å²) >= 11 is 6.13. The van der Waals surface area contributed by atoms with Crippen LogP contribution in [0.2, 0.25) is 5.02 Å². The van der Waals surface area contributed by atoms with Crippen molar-refractivity contribution in [3.8, 4) is 11.5 Å². The zero-order valence-electron chi connectivity index (χ0n) is 14.8. The van der Waals surface area contributed by atoms with Crippen LogP contribution in [-0.4, -0.2) is 18.6 Å². The molecular weight excluding hydrogens is 338 g/mol. The van der Waals surface area contributed by atoms with E-state index in [4.69, 9.17) is 21.1 Å². The Bertz CT molecular complexity index is 718. The first-order valence-electron chi connectivity index (χ1n) is 8.49. The van der Waals surface area contributed by atoms with Gasteiger partial charge < -0.3 is 14.8 Å². The number of halogens is 1. The number of carbonyl (C=O) groups is 1. The second kappa shape index (κ2) is 9.33. The summed E-state index contributed by atoms with van der Waals surface area (Å²) in [6.07, 6.45) is 0.880. The highest BCUT2D eigenvalue weighted by Crippen LogP contribution is 2.27. The van der Waals surface area contributed by atoms with Crippen molar-refractivity contribution >= 4 is 17.5 Å². The molecule has 0 bridgehead atoms. The van der Waals surface area contributed by atoms with Gasteiger partial charge in [0.2, 0.25) is 0 Å². The molecule has 2 aromatic carbocycles. The van der Waals surface area contributed by atoms with Gasteiger partial charge in [0.15, 0.2) is 0 Å². The molecule has 1 N–H and O–H groups in total. The van der Waals surface area contributed by atoms with Gasteiger partial charge in [-0.3, -0.25) is 4.79 Å². The zero-order valence-corrected chi connectivity index (χ0v) is 15.6. The van der Waals surface area contributed by atoms with Crippen molar-refractivity contribution < 1.29 is 14.3 Å². The third-order valence-corrected chi connectivity index (χ3v) is 4.14. The Morgan fingerprint density at radius 1 is 1.12 bits per heavy atom. The van der Waals surface area contributed by atoms with Crippen LogP contribution in [-0.2, 0) is 6.61 Å². The van der Waals surface area contributed by atoms with E-state index >= 15 is 0 Å². The number of benzene rings is 2. The van der Waals surface area contributed by atoms with Crippen molar-refractivity contribution in [1.29, 1.82) is 0 Å². The fourth-order valence-corrected chi connectivity index (χ4v) is 2.45. The summed E-state index contributed by atoms with van der Waals surface area (Å²) in [6.45, 7) is 6.74. The van der Waals surface area contributed by atoms with E-state index in [9.17, 15) is 4.79 Å². The van der Waals surface area contributed by atoms with Crippen molar-refractivity contribution in [2.24, 2.45) is 0 Å². The summed E-state index contributed by atoms with van der Waals surface area (Å²) in [5.74, 6) is 1.20. The lowest BCUT2D eigenvalue weighted by atomic mass is 10.1. The standard InChI is InChI=1S/C20H24ClNO3/c1-4-14(3)22-20(23)15-10-11-18(24-5-2)16(12-15)13-25-19-9-7-6-8-17(19)21/h6-12,14H,4-5,13H2,1-3H3,(H,22,23)/t14-/m1/s1. The molecule has 134 valence electrons. The minimum atomic E-state index is -0.101. The predicted molar refractivity (Wildman–Crippen MR) is 101 cm³/mol. The van der Waals surface area contributed by atoms with Gasteiger partial charge in [-0.15, -0.1) is 0 Å². The smallest absolute Gasteiger partial charge is 0.251 e. The molecule has 0 unspecified atom stereocenters. The van der Waals surface area contributed by atoms with E-state index in [-0.39, 0.29) is 18.6 Å². The Hall–Kier alpha value is -2.20. The van der Waals surface area contributed by atoms with Gasteiger partial charge in [0.05, 0.1) is 11.6 Å². The third-order valence-electron chi connectivity index (χ3n) is 3.83. The molecule has 25 heavy (non-hydrogen) atoms. The highest BCUT2D eigenvalue weighted by atomic mass is 35.5. The summed E-state index contributed by atoms with van der Waals surface area (Å²) in [6, 6.07) is 12.8. The summed E-state index contributed by atoms with van der Waals surface area (Å²) in [4.78, 5) is 12.3. The van der Waals surface area contributed by atoms with Crippen LogP contribution in [0.5, 0.6) is 11.5 Å². The molecule has 1 atom stereocenters. The molecule has 0 aliphatic heterocycles. The maximum Gasteiger partial charge on any atom is 0.251 e. The average Bonchev–Trinajstić information content (AvgIpc) is 2.62. The molecule has 0 heterocycles. The van der Waals surface area contributed by atoms with E-state index in [1.807, 2.05) is 39.0 Å². The highest BCUT2D eigenvalue weighted by Gasteiger charge is 2.13. The van der Waals surface area contributed by atoms with E-state index in [1.54, 1.807) is 24.3 Å². The van der Waals surface area contributed by atoms with Crippen LogP contribution >= 0.6 is 11.6 Å². The molecular formula is C20H24ClNO3. The maximum absolute atomic E-state index is 12.3. The van der Waals surface area contributed by atoms with Crippen LogP contribution in [0.4, 0.5) is 0 Å². The first-order valence-corrected chi connectivity index (χ1v) is 8.86. The van der Waals surface area contributed by atoms with Crippen molar-refractivity contribution in [2.75, 3.05) is 6.61 Å². The molecule has 2 aromatic rings. The quantitative estimate of drug-likeness (QED) is 0.731. The highest BCUT2D eigenvalue weighted by molar-refractivity contribution is 6.32. The topological polar surface area (TPSA) is 47.6 Å². The van der Waals surface area contributed by atoms with Crippen LogP contribution in [0.1, 0.15) is 43.1 Å². The van der Waals surface area contributed by atoms with Crippen LogP contribution in [0.15, 0.2) is 42.5 Å². The molecule has 1 amide bonds. The number of nitrogens with one attached hydrogen (secondary N) is 1. The fourth-order valence-electron chi connectivity index (χ4n) is 2.26. The van der Waals surface area contributed by atoms with Crippen LogP contribution in [0.25, 0.3) is 0 Å². The monoisotopic (exact) mass is 361 g/mol. The molecule has 0 aromatic heterocycles. The summed E-state index contributed by atoms with van der Waals surface area (Å²) in [7, 11) is 0. The van der Waals surface area contributed by atoms with E-state index in [0.29, 0.717) is 28.7 Å². The maximum atomic E-state index is 12.3. The molecule has 0 fully saturated rings. The third kappa shape index (κ3) is 5.40. The van der Waals surface area contributed by atoms with Gasteiger partial charge >= 0.3 is 0 Å². The molecule has 0 saturated carbocycles. The Labute approximate surface area is 154 Å². The predicted octanol–water partition coefficient (Wildman–Crippen LogP) is 4.85. The van der Waals surface area contributed by atoms with Gasteiger partial charge in [0.1, 0.15) is 18.1 Å². The number of carbonyl (C=O) groups excluding carboxylic acids is 1. The SMILES string of the molecule is CCOc1ccc(C(=O)N[C@H](C)CC)cc1COc1ccccc1Cl. The number of hydrogen-bond donors (Lipinski definition) is 1. The van der Waals surface area contributed by atoms with Gasteiger partial charge in [-0.05, 0) is 50.6 Å².